The van der Waals surface area contributed by atoms with E-state index in [0.717, 1.165) is 10.8 Å². The molecule has 1 heterocycles. The highest BCUT2D eigenvalue weighted by molar-refractivity contribution is 7.11. The molecule has 1 aromatic heterocycles. The monoisotopic (exact) mass is 226 g/mol. The first-order valence-corrected chi connectivity index (χ1v) is 5.78. The summed E-state index contributed by atoms with van der Waals surface area (Å²) in [7, 11) is 0. The van der Waals surface area contributed by atoms with Crippen molar-refractivity contribution >= 4 is 22.1 Å². The number of aromatic nitrogens is 1. The molecule has 0 saturated heterocycles. The summed E-state index contributed by atoms with van der Waals surface area (Å²) in [5.41, 5.74) is 0. The zero-order valence-electron chi connectivity index (χ0n) is 8.38. The normalized spacial score (nSPS) is 10.5. The van der Waals surface area contributed by atoms with Gasteiger partial charge in [-0.2, -0.15) is 0 Å². The predicted octanol–water partition coefficient (Wildman–Crippen LogP) is 3.89. The molecule has 0 saturated carbocycles. The molecule has 0 fully saturated rings. The van der Waals surface area contributed by atoms with Gasteiger partial charge in [0, 0.05) is 17.6 Å². The summed E-state index contributed by atoms with van der Waals surface area (Å²) >= 11 is 1.47. The first kappa shape index (κ1) is 9.36. The Morgan fingerprint density at radius 1 is 1.12 bits per heavy atom. The van der Waals surface area contributed by atoms with E-state index >= 15 is 0 Å². The lowest BCUT2D eigenvalue weighted by atomic mass is 10.1. The fourth-order valence-corrected chi connectivity index (χ4v) is 2.01. The Balaban J connectivity index is 1.99. The van der Waals surface area contributed by atoms with Crippen molar-refractivity contribution in [2.45, 2.75) is 0 Å². The molecule has 0 spiro atoms. The lowest BCUT2D eigenvalue weighted by molar-refractivity contribution is 0.478. The van der Waals surface area contributed by atoms with Gasteiger partial charge in [0.2, 0.25) is 0 Å². The third-order valence-electron chi connectivity index (χ3n) is 2.24. The van der Waals surface area contributed by atoms with E-state index in [1.54, 1.807) is 6.20 Å². The third-order valence-corrected chi connectivity index (χ3v) is 2.89. The van der Waals surface area contributed by atoms with Gasteiger partial charge >= 0.3 is 0 Å². The number of rotatable bonds is 2. The highest BCUT2D eigenvalue weighted by atomic mass is 32.1. The largest absolute Gasteiger partial charge is 0.430 e. The molecule has 2 nitrogen and oxygen atoms in total. The van der Waals surface area contributed by atoms with Gasteiger partial charge in [0.15, 0.2) is 0 Å². The minimum absolute atomic E-state index is 0.645. The molecule has 0 N–H and O–H groups in total. The molecule has 3 heteroatoms. The second-order valence-electron chi connectivity index (χ2n) is 3.31. The topological polar surface area (TPSA) is 22.1 Å². The van der Waals surface area contributed by atoms with Crippen molar-refractivity contribution in [3.63, 3.8) is 0 Å². The second kappa shape index (κ2) is 3.94. The van der Waals surface area contributed by atoms with Gasteiger partial charge in [0.1, 0.15) is 5.75 Å². The first-order chi connectivity index (χ1) is 7.92. The van der Waals surface area contributed by atoms with Gasteiger partial charge < -0.3 is 4.74 Å². The van der Waals surface area contributed by atoms with E-state index in [2.05, 4.69) is 17.1 Å². The number of nitrogens with zero attached hydrogens (tertiary/aromatic N) is 1. The Bertz CT molecular complexity index is 604. The first-order valence-electron chi connectivity index (χ1n) is 4.90. The number of ether oxygens (including phenoxy) is 1. The Kier molecular flexibility index (Phi) is 2.31. The predicted molar refractivity (Wildman–Crippen MR) is 65.0 cm³/mol. The summed E-state index contributed by atoms with van der Waals surface area (Å²) < 4.78 is 5.58. The number of benzene rings is 2. The summed E-state index contributed by atoms with van der Waals surface area (Å²) in [6, 6.07) is 15.2. The SMILES string of the molecule is [c]1c(Oc2nccs2)ccc2ccccc12. The number of thiazole rings is 1. The highest BCUT2D eigenvalue weighted by Crippen LogP contribution is 2.25. The van der Waals surface area contributed by atoms with Crippen molar-refractivity contribution < 1.29 is 4.74 Å². The molecule has 2 aromatic carbocycles. The summed E-state index contributed by atoms with van der Waals surface area (Å²) in [4.78, 5) is 4.07. The molecule has 0 amide bonds. The molecule has 0 bridgehead atoms. The van der Waals surface area contributed by atoms with Gasteiger partial charge in [0.25, 0.3) is 5.19 Å². The van der Waals surface area contributed by atoms with Crippen LogP contribution in [0.5, 0.6) is 10.9 Å². The van der Waals surface area contributed by atoms with Gasteiger partial charge in [-0.15, -0.1) is 0 Å². The third kappa shape index (κ3) is 1.77. The second-order valence-corrected chi connectivity index (χ2v) is 4.17. The van der Waals surface area contributed by atoms with Gasteiger partial charge in [-0.3, -0.25) is 0 Å². The van der Waals surface area contributed by atoms with Crippen molar-refractivity contribution in [2.75, 3.05) is 0 Å². The van der Waals surface area contributed by atoms with Crippen molar-refractivity contribution in [1.29, 1.82) is 0 Å². The van der Waals surface area contributed by atoms with Crippen LogP contribution < -0.4 is 4.74 Å². The van der Waals surface area contributed by atoms with Gasteiger partial charge in [-0.05, 0) is 16.8 Å². The van der Waals surface area contributed by atoms with Crippen molar-refractivity contribution in [1.82, 2.24) is 4.98 Å². The lowest BCUT2D eigenvalue weighted by Crippen LogP contribution is -1.83. The van der Waals surface area contributed by atoms with Gasteiger partial charge in [-0.25, -0.2) is 4.98 Å². The molecule has 0 atom stereocenters. The molecule has 3 aromatic rings. The van der Waals surface area contributed by atoms with Gasteiger partial charge in [-0.1, -0.05) is 41.7 Å². The van der Waals surface area contributed by atoms with Crippen LogP contribution in [0, 0.1) is 6.07 Å². The van der Waals surface area contributed by atoms with Crippen LogP contribution >= 0.6 is 11.3 Å². The van der Waals surface area contributed by atoms with Crippen LogP contribution in [0.15, 0.2) is 48.0 Å². The number of fused-ring (bicyclic) bond motifs is 1. The Labute approximate surface area is 97.1 Å². The van der Waals surface area contributed by atoms with E-state index in [9.17, 15) is 0 Å². The molecular weight excluding hydrogens is 218 g/mol. The molecule has 0 unspecified atom stereocenters. The van der Waals surface area contributed by atoms with Crippen LogP contribution in [0.2, 0.25) is 0 Å². The van der Waals surface area contributed by atoms with Gasteiger partial charge in [0.05, 0.1) is 0 Å². The van der Waals surface area contributed by atoms with E-state index in [4.69, 9.17) is 4.74 Å². The van der Waals surface area contributed by atoms with Crippen LogP contribution in [-0.4, -0.2) is 4.98 Å². The van der Waals surface area contributed by atoms with E-state index in [1.165, 1.54) is 11.3 Å². The molecule has 16 heavy (non-hydrogen) atoms. The lowest BCUT2D eigenvalue weighted by Gasteiger charge is -2.02. The fraction of sp³-hybridized carbons (Fsp3) is 0. The molecular formula is C13H8NOS. The summed E-state index contributed by atoms with van der Waals surface area (Å²) in [6.07, 6.45) is 1.72. The van der Waals surface area contributed by atoms with E-state index in [1.807, 2.05) is 35.7 Å². The van der Waals surface area contributed by atoms with E-state index < -0.39 is 0 Å². The maximum Gasteiger partial charge on any atom is 0.278 e. The van der Waals surface area contributed by atoms with E-state index in [0.29, 0.717) is 10.9 Å². The Hall–Kier alpha value is -1.87. The quantitative estimate of drug-likeness (QED) is 0.661. The summed E-state index contributed by atoms with van der Waals surface area (Å²) in [6.45, 7) is 0. The van der Waals surface area contributed by atoms with Crippen molar-refractivity contribution in [3.8, 4) is 10.9 Å². The van der Waals surface area contributed by atoms with Crippen LogP contribution in [0.25, 0.3) is 10.8 Å². The van der Waals surface area contributed by atoms with Crippen molar-refractivity contribution in [3.05, 3.63) is 54.0 Å². The Morgan fingerprint density at radius 2 is 2.06 bits per heavy atom. The van der Waals surface area contributed by atoms with Crippen LogP contribution in [0.4, 0.5) is 0 Å². The van der Waals surface area contributed by atoms with Crippen molar-refractivity contribution in [2.24, 2.45) is 0 Å². The van der Waals surface area contributed by atoms with Crippen LogP contribution in [0.3, 0.4) is 0 Å². The summed E-state index contributed by atoms with van der Waals surface area (Å²) in [5, 5.41) is 4.74. The average molecular weight is 226 g/mol. The van der Waals surface area contributed by atoms with E-state index in [-0.39, 0.29) is 0 Å². The highest BCUT2D eigenvalue weighted by Gasteiger charge is 2.00. The molecule has 0 aliphatic rings. The minimum Gasteiger partial charge on any atom is -0.430 e. The molecule has 1 radical (unpaired) electrons. The summed E-state index contributed by atoms with van der Waals surface area (Å²) in [5.74, 6) is 0.702. The molecule has 0 aliphatic carbocycles. The minimum atomic E-state index is 0.645. The maximum atomic E-state index is 5.58. The van der Waals surface area contributed by atoms with Crippen LogP contribution in [-0.2, 0) is 0 Å². The zero-order valence-corrected chi connectivity index (χ0v) is 9.20. The number of hydrogen-bond donors (Lipinski definition) is 0. The van der Waals surface area contributed by atoms with Crippen LogP contribution in [0.1, 0.15) is 0 Å². The Morgan fingerprint density at radius 3 is 2.94 bits per heavy atom. The average Bonchev–Trinajstić information content (AvgIpc) is 2.82. The smallest absolute Gasteiger partial charge is 0.278 e. The standard InChI is InChI=1S/C13H8NOS/c1-2-4-11-9-12(6-5-10(11)3-1)15-13-14-7-8-16-13/h1-8H. The molecule has 0 aliphatic heterocycles. The zero-order chi connectivity index (χ0) is 10.8. The number of hydrogen-bond acceptors (Lipinski definition) is 3. The fourth-order valence-electron chi connectivity index (χ4n) is 1.51. The maximum absolute atomic E-state index is 5.58. The molecule has 3 rings (SSSR count). The molecule has 77 valence electrons.